The van der Waals surface area contributed by atoms with Gasteiger partial charge in [-0.1, -0.05) is 0 Å². The molecule has 0 fully saturated rings. The number of hydrogen-bond donors (Lipinski definition) is 2. The molecular formula is C7H8F3N3. The van der Waals surface area contributed by atoms with Gasteiger partial charge in [0.05, 0.1) is 5.56 Å². The summed E-state index contributed by atoms with van der Waals surface area (Å²) in [5.74, 6) is 4.93. The number of aromatic nitrogens is 1. The largest absolute Gasteiger partial charge is 0.416 e. The minimum Gasteiger partial charge on any atom is -0.271 e. The van der Waals surface area contributed by atoms with Crippen molar-refractivity contribution in [3.05, 3.63) is 29.6 Å². The van der Waals surface area contributed by atoms with E-state index in [9.17, 15) is 13.2 Å². The maximum atomic E-state index is 12.3. The van der Waals surface area contributed by atoms with E-state index in [0.29, 0.717) is 0 Å². The van der Waals surface area contributed by atoms with Crippen LogP contribution in [0.1, 0.15) is 11.1 Å². The predicted octanol–water partition coefficient (Wildman–Crippen LogP) is 1.06. The van der Waals surface area contributed by atoms with Crippen LogP contribution in [0.4, 0.5) is 13.2 Å². The summed E-state index contributed by atoms with van der Waals surface area (Å²) in [6.45, 7) is -0.0529. The lowest BCUT2D eigenvalue weighted by Gasteiger charge is -2.10. The van der Waals surface area contributed by atoms with Crippen LogP contribution in [-0.2, 0) is 12.7 Å². The van der Waals surface area contributed by atoms with E-state index >= 15 is 0 Å². The smallest absolute Gasteiger partial charge is 0.271 e. The van der Waals surface area contributed by atoms with Gasteiger partial charge < -0.3 is 0 Å². The van der Waals surface area contributed by atoms with Crippen molar-refractivity contribution < 1.29 is 13.2 Å². The number of halogens is 3. The van der Waals surface area contributed by atoms with Crippen LogP contribution in [0.2, 0.25) is 0 Å². The summed E-state index contributed by atoms with van der Waals surface area (Å²) in [5, 5.41) is 0. The summed E-state index contributed by atoms with van der Waals surface area (Å²) in [7, 11) is 0. The molecular weight excluding hydrogens is 183 g/mol. The SMILES string of the molecule is NNCc1cnccc1C(F)(F)F. The van der Waals surface area contributed by atoms with E-state index in [1.165, 1.54) is 0 Å². The molecule has 6 heteroatoms. The number of nitrogens with two attached hydrogens (primary N) is 1. The number of hydrogen-bond acceptors (Lipinski definition) is 3. The second kappa shape index (κ2) is 3.71. The van der Waals surface area contributed by atoms with Crippen molar-refractivity contribution in [2.45, 2.75) is 12.7 Å². The lowest BCUT2D eigenvalue weighted by molar-refractivity contribution is -0.138. The summed E-state index contributed by atoms with van der Waals surface area (Å²) in [6, 6.07) is 0.923. The Labute approximate surface area is 72.7 Å². The fourth-order valence-electron chi connectivity index (χ4n) is 0.955. The zero-order valence-electron chi connectivity index (χ0n) is 6.60. The highest BCUT2D eigenvalue weighted by Crippen LogP contribution is 2.31. The molecule has 0 aliphatic rings. The van der Waals surface area contributed by atoms with E-state index < -0.39 is 11.7 Å². The maximum Gasteiger partial charge on any atom is 0.416 e. The van der Waals surface area contributed by atoms with Crippen molar-refractivity contribution in [2.75, 3.05) is 0 Å². The number of rotatable bonds is 2. The zero-order valence-corrected chi connectivity index (χ0v) is 6.60. The molecule has 72 valence electrons. The van der Waals surface area contributed by atoms with Crippen molar-refractivity contribution >= 4 is 0 Å². The Morgan fingerprint density at radius 1 is 1.46 bits per heavy atom. The molecule has 0 atom stereocenters. The molecule has 3 N–H and O–H groups in total. The lowest BCUT2D eigenvalue weighted by Crippen LogP contribution is -2.23. The summed E-state index contributed by atoms with van der Waals surface area (Å²) < 4.78 is 36.8. The number of nitrogens with zero attached hydrogens (tertiary/aromatic N) is 1. The first-order valence-corrected chi connectivity index (χ1v) is 3.49. The van der Waals surface area contributed by atoms with E-state index in [0.717, 1.165) is 18.5 Å². The van der Waals surface area contributed by atoms with Gasteiger partial charge in [0, 0.05) is 18.9 Å². The van der Waals surface area contributed by atoms with Crippen LogP contribution in [0.3, 0.4) is 0 Å². The average Bonchev–Trinajstić information content (AvgIpc) is 2.04. The van der Waals surface area contributed by atoms with Gasteiger partial charge in [-0.2, -0.15) is 13.2 Å². The van der Waals surface area contributed by atoms with E-state index in [1.807, 2.05) is 0 Å². The Kier molecular flexibility index (Phi) is 2.84. The fraction of sp³-hybridized carbons (Fsp3) is 0.286. The molecule has 0 aliphatic carbocycles. The molecule has 0 saturated carbocycles. The first-order valence-electron chi connectivity index (χ1n) is 3.49. The van der Waals surface area contributed by atoms with E-state index in [1.54, 1.807) is 0 Å². The third-order valence-electron chi connectivity index (χ3n) is 1.50. The van der Waals surface area contributed by atoms with Crippen LogP contribution >= 0.6 is 0 Å². The molecule has 0 unspecified atom stereocenters. The third-order valence-corrected chi connectivity index (χ3v) is 1.50. The van der Waals surface area contributed by atoms with Gasteiger partial charge in [0.2, 0.25) is 0 Å². The number of nitrogens with one attached hydrogen (secondary N) is 1. The maximum absolute atomic E-state index is 12.3. The van der Waals surface area contributed by atoms with Gasteiger partial charge in [-0.3, -0.25) is 16.3 Å². The highest BCUT2D eigenvalue weighted by molar-refractivity contribution is 5.25. The molecule has 0 bridgehead atoms. The van der Waals surface area contributed by atoms with E-state index in [-0.39, 0.29) is 12.1 Å². The summed E-state index contributed by atoms with van der Waals surface area (Å²) >= 11 is 0. The predicted molar refractivity (Wildman–Crippen MR) is 40.3 cm³/mol. The van der Waals surface area contributed by atoms with Crippen molar-refractivity contribution in [3.8, 4) is 0 Å². The Bertz CT molecular complexity index is 285. The minimum absolute atomic E-state index is 0.0394. The monoisotopic (exact) mass is 191 g/mol. The van der Waals surface area contributed by atoms with E-state index in [2.05, 4.69) is 10.4 Å². The highest BCUT2D eigenvalue weighted by Gasteiger charge is 2.32. The van der Waals surface area contributed by atoms with Crippen molar-refractivity contribution in [1.82, 2.24) is 10.4 Å². The molecule has 0 amide bonds. The van der Waals surface area contributed by atoms with Crippen molar-refractivity contribution in [2.24, 2.45) is 5.84 Å². The second-order valence-corrected chi connectivity index (χ2v) is 2.41. The van der Waals surface area contributed by atoms with Gasteiger partial charge in [-0.15, -0.1) is 0 Å². The summed E-state index contributed by atoms with van der Waals surface area (Å²) in [5.41, 5.74) is 1.49. The highest BCUT2D eigenvalue weighted by atomic mass is 19.4. The fourth-order valence-corrected chi connectivity index (χ4v) is 0.955. The van der Waals surface area contributed by atoms with Gasteiger partial charge in [0.25, 0.3) is 0 Å². The molecule has 0 aliphatic heterocycles. The van der Waals surface area contributed by atoms with Crippen molar-refractivity contribution in [1.29, 1.82) is 0 Å². The Balaban J connectivity index is 3.05. The number of alkyl halides is 3. The molecule has 0 saturated heterocycles. The van der Waals surface area contributed by atoms with Gasteiger partial charge >= 0.3 is 6.18 Å². The lowest BCUT2D eigenvalue weighted by atomic mass is 10.1. The zero-order chi connectivity index (χ0) is 9.90. The number of pyridine rings is 1. The van der Waals surface area contributed by atoms with Gasteiger partial charge in [-0.05, 0) is 11.6 Å². The molecule has 1 aromatic rings. The van der Waals surface area contributed by atoms with Crippen LogP contribution in [-0.4, -0.2) is 4.98 Å². The molecule has 0 aromatic carbocycles. The Hall–Kier alpha value is -1.14. The molecule has 13 heavy (non-hydrogen) atoms. The minimum atomic E-state index is -4.35. The van der Waals surface area contributed by atoms with Crippen LogP contribution in [0.25, 0.3) is 0 Å². The molecule has 3 nitrogen and oxygen atoms in total. The van der Waals surface area contributed by atoms with Crippen LogP contribution < -0.4 is 11.3 Å². The van der Waals surface area contributed by atoms with Gasteiger partial charge in [0.15, 0.2) is 0 Å². The molecule has 0 radical (unpaired) electrons. The third kappa shape index (κ3) is 2.40. The summed E-state index contributed by atoms with van der Waals surface area (Å²) in [4.78, 5) is 3.58. The standard InChI is InChI=1S/C7H8F3N3/c8-7(9,10)6-1-2-12-3-5(6)4-13-11/h1-3,13H,4,11H2. The van der Waals surface area contributed by atoms with Crippen molar-refractivity contribution in [3.63, 3.8) is 0 Å². The molecule has 1 heterocycles. The average molecular weight is 191 g/mol. The van der Waals surface area contributed by atoms with Crippen LogP contribution in [0.5, 0.6) is 0 Å². The molecule has 1 aromatic heterocycles. The second-order valence-electron chi connectivity index (χ2n) is 2.41. The van der Waals surface area contributed by atoms with Crippen LogP contribution in [0, 0.1) is 0 Å². The van der Waals surface area contributed by atoms with Gasteiger partial charge in [0.1, 0.15) is 0 Å². The molecule has 0 spiro atoms. The van der Waals surface area contributed by atoms with E-state index in [4.69, 9.17) is 5.84 Å². The quantitative estimate of drug-likeness (QED) is 0.543. The summed E-state index contributed by atoms with van der Waals surface area (Å²) in [6.07, 6.45) is -2.11. The molecule has 1 rings (SSSR count). The van der Waals surface area contributed by atoms with Crippen LogP contribution in [0.15, 0.2) is 18.5 Å². The first kappa shape index (κ1) is 9.94. The Morgan fingerprint density at radius 2 is 2.15 bits per heavy atom. The van der Waals surface area contributed by atoms with Gasteiger partial charge in [-0.25, -0.2) is 0 Å². The Morgan fingerprint density at radius 3 is 2.69 bits per heavy atom. The number of hydrazine groups is 1. The topological polar surface area (TPSA) is 50.9 Å². The normalized spacial score (nSPS) is 11.7. The first-order chi connectivity index (χ1) is 6.05.